The third-order valence-electron chi connectivity index (χ3n) is 5.37. The molecule has 4 rings (SSSR count). The van der Waals surface area contributed by atoms with Crippen LogP contribution in [0.1, 0.15) is 18.4 Å². The molecule has 0 N–H and O–H groups in total. The molecule has 0 aliphatic carbocycles. The topological polar surface area (TPSA) is 39.7 Å². The molecule has 136 valence electrons. The summed E-state index contributed by atoms with van der Waals surface area (Å²) in [5, 5.41) is 0. The summed E-state index contributed by atoms with van der Waals surface area (Å²) >= 11 is 0. The normalized spacial score (nSPS) is 17.6. The lowest BCUT2D eigenvalue weighted by Crippen LogP contribution is -2.49. The predicted octanol–water partition coefficient (Wildman–Crippen LogP) is 2.57. The lowest BCUT2D eigenvalue weighted by atomic mass is 10.1. The second-order valence-electron chi connectivity index (χ2n) is 7.09. The minimum absolute atomic E-state index is 0.222. The molecule has 0 saturated carbocycles. The Hall–Kier alpha value is -2.56. The zero-order chi connectivity index (χ0) is 17.8. The number of piperazine rings is 1. The third-order valence-corrected chi connectivity index (χ3v) is 5.37. The van der Waals surface area contributed by atoms with E-state index in [1.54, 1.807) is 0 Å². The molecule has 0 spiro atoms. The Morgan fingerprint density at radius 3 is 2.23 bits per heavy atom. The molecule has 1 amide bonds. The zero-order valence-electron chi connectivity index (χ0n) is 15.2. The molecule has 0 atom stereocenters. The fourth-order valence-electron chi connectivity index (χ4n) is 3.81. The van der Waals surface area contributed by atoms with E-state index in [-0.39, 0.29) is 5.91 Å². The summed E-state index contributed by atoms with van der Waals surface area (Å²) in [4.78, 5) is 23.7. The average Bonchev–Trinajstić information content (AvgIpc) is 3.24. The van der Waals surface area contributed by atoms with Crippen molar-refractivity contribution in [3.05, 3.63) is 54.2 Å². The van der Waals surface area contributed by atoms with E-state index in [0.717, 1.165) is 50.6 Å². The van der Waals surface area contributed by atoms with Crippen LogP contribution in [-0.4, -0.2) is 55.1 Å². The van der Waals surface area contributed by atoms with Crippen LogP contribution < -0.4 is 9.80 Å². The second-order valence-corrected chi connectivity index (χ2v) is 7.09. The molecule has 5 heteroatoms. The molecule has 2 fully saturated rings. The largest absolute Gasteiger partial charge is 0.372 e. The van der Waals surface area contributed by atoms with E-state index < -0.39 is 0 Å². The number of nitrogens with zero attached hydrogens (tertiary/aromatic N) is 4. The summed E-state index contributed by atoms with van der Waals surface area (Å²) in [6, 6.07) is 14.5. The van der Waals surface area contributed by atoms with Crippen LogP contribution >= 0.6 is 0 Å². The molecule has 3 heterocycles. The van der Waals surface area contributed by atoms with E-state index in [4.69, 9.17) is 0 Å². The monoisotopic (exact) mass is 350 g/mol. The summed E-state index contributed by atoms with van der Waals surface area (Å²) in [5.74, 6) is 1.22. The van der Waals surface area contributed by atoms with Gasteiger partial charge in [-0.2, -0.15) is 0 Å². The molecule has 0 radical (unpaired) electrons. The standard InChI is InChI=1S/C21H26N4O/c26-21(17-18-6-8-19(9-7-18)23-11-3-4-12-23)25-15-13-24(14-16-25)20-5-1-2-10-22-20/h1-2,5-10H,3-4,11-17H2. The molecule has 0 unspecified atom stereocenters. The molecule has 0 bridgehead atoms. The molecule has 2 aliphatic heterocycles. The van der Waals surface area contributed by atoms with Crippen LogP contribution in [0.3, 0.4) is 0 Å². The van der Waals surface area contributed by atoms with Gasteiger partial charge in [-0.1, -0.05) is 18.2 Å². The van der Waals surface area contributed by atoms with Crippen LogP contribution in [0.15, 0.2) is 48.7 Å². The highest BCUT2D eigenvalue weighted by Crippen LogP contribution is 2.21. The van der Waals surface area contributed by atoms with Crippen LogP contribution in [0.5, 0.6) is 0 Å². The Morgan fingerprint density at radius 2 is 1.58 bits per heavy atom. The van der Waals surface area contributed by atoms with Crippen molar-refractivity contribution >= 4 is 17.4 Å². The summed E-state index contributed by atoms with van der Waals surface area (Å²) in [5.41, 5.74) is 2.38. The minimum atomic E-state index is 0.222. The van der Waals surface area contributed by atoms with Crippen molar-refractivity contribution in [1.29, 1.82) is 0 Å². The highest BCUT2D eigenvalue weighted by atomic mass is 16.2. The van der Waals surface area contributed by atoms with E-state index in [9.17, 15) is 4.79 Å². The first-order valence-electron chi connectivity index (χ1n) is 9.57. The Kier molecular flexibility index (Phi) is 5.04. The van der Waals surface area contributed by atoms with Gasteiger partial charge in [0.25, 0.3) is 0 Å². The minimum Gasteiger partial charge on any atom is -0.372 e. The molecule has 5 nitrogen and oxygen atoms in total. The maximum atomic E-state index is 12.6. The van der Waals surface area contributed by atoms with Gasteiger partial charge in [0.05, 0.1) is 6.42 Å². The van der Waals surface area contributed by atoms with Gasteiger partial charge in [-0.25, -0.2) is 4.98 Å². The maximum absolute atomic E-state index is 12.6. The van der Waals surface area contributed by atoms with Gasteiger partial charge in [-0.05, 0) is 42.7 Å². The van der Waals surface area contributed by atoms with Crippen molar-refractivity contribution in [2.75, 3.05) is 49.1 Å². The van der Waals surface area contributed by atoms with Gasteiger partial charge in [-0.3, -0.25) is 4.79 Å². The number of hydrogen-bond donors (Lipinski definition) is 0. The first-order valence-corrected chi connectivity index (χ1v) is 9.57. The van der Waals surface area contributed by atoms with Gasteiger partial charge in [0, 0.05) is 51.2 Å². The van der Waals surface area contributed by atoms with Crippen molar-refractivity contribution in [1.82, 2.24) is 9.88 Å². The van der Waals surface area contributed by atoms with E-state index >= 15 is 0 Å². The lowest BCUT2D eigenvalue weighted by Gasteiger charge is -2.35. The van der Waals surface area contributed by atoms with Gasteiger partial charge in [0.15, 0.2) is 0 Å². The third kappa shape index (κ3) is 3.82. The molecule has 1 aromatic heterocycles. The van der Waals surface area contributed by atoms with Crippen LogP contribution in [0.4, 0.5) is 11.5 Å². The Labute approximate surface area is 155 Å². The smallest absolute Gasteiger partial charge is 0.227 e. The molecular formula is C21H26N4O. The Balaban J connectivity index is 1.30. The van der Waals surface area contributed by atoms with Gasteiger partial charge < -0.3 is 14.7 Å². The van der Waals surface area contributed by atoms with Crippen LogP contribution in [-0.2, 0) is 11.2 Å². The first kappa shape index (κ1) is 16.9. The number of amides is 1. The molecule has 2 aliphatic rings. The molecule has 1 aromatic carbocycles. The lowest BCUT2D eigenvalue weighted by molar-refractivity contribution is -0.130. The summed E-state index contributed by atoms with van der Waals surface area (Å²) in [7, 11) is 0. The number of benzene rings is 1. The van der Waals surface area contributed by atoms with E-state index in [0.29, 0.717) is 6.42 Å². The highest BCUT2D eigenvalue weighted by Gasteiger charge is 2.22. The Morgan fingerprint density at radius 1 is 0.846 bits per heavy atom. The average molecular weight is 350 g/mol. The maximum Gasteiger partial charge on any atom is 0.227 e. The van der Waals surface area contributed by atoms with Gasteiger partial charge in [0.1, 0.15) is 5.82 Å². The molecule has 2 saturated heterocycles. The number of aromatic nitrogens is 1. The zero-order valence-corrected chi connectivity index (χ0v) is 15.2. The summed E-state index contributed by atoms with van der Waals surface area (Å²) in [6.07, 6.45) is 4.87. The summed E-state index contributed by atoms with van der Waals surface area (Å²) in [6.45, 7) is 5.52. The molecular weight excluding hydrogens is 324 g/mol. The number of carbonyl (C=O) groups is 1. The van der Waals surface area contributed by atoms with Crippen LogP contribution in [0, 0.1) is 0 Å². The van der Waals surface area contributed by atoms with Crippen molar-refractivity contribution in [3.8, 4) is 0 Å². The first-order chi connectivity index (χ1) is 12.8. The fourth-order valence-corrected chi connectivity index (χ4v) is 3.81. The van der Waals surface area contributed by atoms with Gasteiger partial charge in [0.2, 0.25) is 5.91 Å². The quantitative estimate of drug-likeness (QED) is 0.850. The summed E-state index contributed by atoms with van der Waals surface area (Å²) < 4.78 is 0. The predicted molar refractivity (Wildman–Crippen MR) is 105 cm³/mol. The Bertz CT molecular complexity index is 717. The van der Waals surface area contributed by atoms with Crippen molar-refractivity contribution in [2.45, 2.75) is 19.3 Å². The number of rotatable bonds is 4. The van der Waals surface area contributed by atoms with E-state index in [1.165, 1.54) is 18.5 Å². The number of hydrogen-bond acceptors (Lipinski definition) is 4. The van der Waals surface area contributed by atoms with Crippen molar-refractivity contribution < 1.29 is 4.79 Å². The highest BCUT2D eigenvalue weighted by molar-refractivity contribution is 5.79. The van der Waals surface area contributed by atoms with Crippen LogP contribution in [0.25, 0.3) is 0 Å². The second kappa shape index (κ2) is 7.77. The number of anilines is 2. The van der Waals surface area contributed by atoms with Crippen molar-refractivity contribution in [3.63, 3.8) is 0 Å². The molecule has 2 aromatic rings. The number of carbonyl (C=O) groups excluding carboxylic acids is 1. The fraction of sp³-hybridized carbons (Fsp3) is 0.429. The van der Waals surface area contributed by atoms with Crippen molar-refractivity contribution in [2.24, 2.45) is 0 Å². The molecule has 26 heavy (non-hydrogen) atoms. The SMILES string of the molecule is O=C(Cc1ccc(N2CCCC2)cc1)N1CCN(c2ccccn2)CC1. The van der Waals surface area contributed by atoms with E-state index in [1.807, 2.05) is 29.3 Å². The number of pyridine rings is 1. The van der Waals surface area contributed by atoms with Gasteiger partial charge in [-0.15, -0.1) is 0 Å². The van der Waals surface area contributed by atoms with Gasteiger partial charge >= 0.3 is 0 Å². The van der Waals surface area contributed by atoms with E-state index in [2.05, 4.69) is 39.0 Å². The van der Waals surface area contributed by atoms with Crippen LogP contribution in [0.2, 0.25) is 0 Å².